The molecular weight excluding hydrogens is 174 g/mol. The Balaban J connectivity index is 2.92. The average molecular weight is 182 g/mol. The van der Waals surface area contributed by atoms with E-state index in [9.17, 15) is 0 Å². The summed E-state index contributed by atoms with van der Waals surface area (Å²) in [6.45, 7) is 1.94. The minimum Gasteiger partial charge on any atom is -0.397 e. The van der Waals surface area contributed by atoms with Gasteiger partial charge in [-0.1, -0.05) is 11.6 Å². The highest BCUT2D eigenvalue weighted by atomic mass is 35.5. The largest absolute Gasteiger partial charge is 0.397 e. The van der Waals surface area contributed by atoms with Gasteiger partial charge in [-0.2, -0.15) is 5.10 Å². The zero-order valence-corrected chi connectivity index (χ0v) is 7.31. The number of nitrogens with zero attached hydrogens (tertiary/aromatic N) is 1. The minimum absolute atomic E-state index is 0.613. The number of nitrogens with two attached hydrogens (primary N) is 1. The monoisotopic (exact) mass is 181 g/mol. The number of aryl methyl sites for hydroxylation is 1. The summed E-state index contributed by atoms with van der Waals surface area (Å²) < 4.78 is 0. The normalized spacial score (nSPS) is 10.8. The minimum atomic E-state index is 0.613. The van der Waals surface area contributed by atoms with E-state index in [-0.39, 0.29) is 0 Å². The highest BCUT2D eigenvalue weighted by Gasteiger charge is 2.05. The van der Waals surface area contributed by atoms with E-state index in [1.165, 1.54) is 0 Å². The van der Waals surface area contributed by atoms with E-state index in [1.807, 2.05) is 13.0 Å². The summed E-state index contributed by atoms with van der Waals surface area (Å²) in [7, 11) is 0. The Bertz CT molecular complexity index is 433. The van der Waals surface area contributed by atoms with E-state index in [4.69, 9.17) is 17.3 Å². The van der Waals surface area contributed by atoms with Gasteiger partial charge in [0.1, 0.15) is 5.52 Å². The molecule has 4 heteroatoms. The lowest BCUT2D eigenvalue weighted by Crippen LogP contribution is -1.85. The molecule has 0 amide bonds. The lowest BCUT2D eigenvalue weighted by molar-refractivity contribution is 1.07. The summed E-state index contributed by atoms with van der Waals surface area (Å²) >= 11 is 5.83. The zero-order valence-electron chi connectivity index (χ0n) is 6.56. The van der Waals surface area contributed by atoms with E-state index >= 15 is 0 Å². The first-order valence-electron chi connectivity index (χ1n) is 3.58. The number of nitrogen functional groups attached to an aromatic ring is 1. The van der Waals surface area contributed by atoms with Gasteiger partial charge in [-0.15, -0.1) is 0 Å². The van der Waals surface area contributed by atoms with Crippen molar-refractivity contribution >= 4 is 28.2 Å². The molecule has 2 rings (SSSR count). The number of aromatic nitrogens is 2. The molecule has 3 nitrogen and oxygen atoms in total. The second-order valence-corrected chi connectivity index (χ2v) is 3.18. The standard InChI is InChI=1S/C8H8ClN3/c1-4-6-2-5(9)3-7(10)8(6)12-11-4/h2-3H,10H2,1H3,(H,11,12). The van der Waals surface area contributed by atoms with Crippen LogP contribution in [-0.4, -0.2) is 10.2 Å². The fourth-order valence-electron chi connectivity index (χ4n) is 1.23. The predicted octanol–water partition coefficient (Wildman–Crippen LogP) is 2.11. The maximum atomic E-state index is 5.83. The number of anilines is 1. The molecule has 12 heavy (non-hydrogen) atoms. The summed E-state index contributed by atoms with van der Waals surface area (Å²) in [6.07, 6.45) is 0. The maximum absolute atomic E-state index is 5.83. The highest BCUT2D eigenvalue weighted by molar-refractivity contribution is 6.31. The molecular formula is C8H8ClN3. The molecule has 0 aliphatic carbocycles. The number of nitrogens with one attached hydrogen (secondary N) is 1. The SMILES string of the molecule is Cc1[nH]nc2c(N)cc(Cl)cc12. The van der Waals surface area contributed by atoms with Gasteiger partial charge in [0.2, 0.25) is 0 Å². The molecule has 0 saturated heterocycles. The van der Waals surface area contributed by atoms with Gasteiger partial charge in [0.05, 0.1) is 5.69 Å². The average Bonchev–Trinajstić information content (AvgIpc) is 2.33. The van der Waals surface area contributed by atoms with Crippen LogP contribution < -0.4 is 5.73 Å². The van der Waals surface area contributed by atoms with Crippen molar-refractivity contribution in [1.29, 1.82) is 0 Å². The fraction of sp³-hybridized carbons (Fsp3) is 0.125. The van der Waals surface area contributed by atoms with Crippen LogP contribution in [0.1, 0.15) is 5.69 Å². The van der Waals surface area contributed by atoms with Gasteiger partial charge in [0.25, 0.3) is 0 Å². The molecule has 0 atom stereocenters. The van der Waals surface area contributed by atoms with Crippen molar-refractivity contribution in [3.05, 3.63) is 22.8 Å². The molecule has 0 spiro atoms. The van der Waals surface area contributed by atoms with Crippen LogP contribution in [0.15, 0.2) is 12.1 Å². The van der Waals surface area contributed by atoms with E-state index in [2.05, 4.69) is 10.2 Å². The van der Waals surface area contributed by atoms with Crippen molar-refractivity contribution in [2.75, 3.05) is 5.73 Å². The van der Waals surface area contributed by atoms with Crippen LogP contribution >= 0.6 is 11.6 Å². The van der Waals surface area contributed by atoms with Crippen LogP contribution in [0.4, 0.5) is 5.69 Å². The third-order valence-corrected chi connectivity index (χ3v) is 2.06. The Morgan fingerprint density at radius 3 is 3.00 bits per heavy atom. The number of hydrogen-bond donors (Lipinski definition) is 2. The number of fused-ring (bicyclic) bond motifs is 1. The lowest BCUT2D eigenvalue weighted by atomic mass is 10.2. The molecule has 3 N–H and O–H groups in total. The third kappa shape index (κ3) is 0.940. The molecule has 1 aromatic carbocycles. The molecule has 0 unspecified atom stereocenters. The number of halogens is 1. The van der Waals surface area contributed by atoms with Crippen molar-refractivity contribution in [2.24, 2.45) is 0 Å². The molecule has 0 fully saturated rings. The second kappa shape index (κ2) is 2.38. The Kier molecular flexibility index (Phi) is 1.48. The van der Waals surface area contributed by atoms with E-state index in [0.717, 1.165) is 16.6 Å². The Morgan fingerprint density at radius 2 is 2.25 bits per heavy atom. The number of rotatable bonds is 0. The van der Waals surface area contributed by atoms with Crippen LogP contribution in [0, 0.1) is 6.92 Å². The molecule has 0 aliphatic rings. The number of benzene rings is 1. The van der Waals surface area contributed by atoms with Crippen LogP contribution in [0.25, 0.3) is 10.9 Å². The Labute approximate surface area is 74.5 Å². The lowest BCUT2D eigenvalue weighted by Gasteiger charge is -1.95. The third-order valence-electron chi connectivity index (χ3n) is 1.84. The second-order valence-electron chi connectivity index (χ2n) is 2.74. The first-order chi connectivity index (χ1) is 5.68. The zero-order chi connectivity index (χ0) is 8.72. The van der Waals surface area contributed by atoms with Gasteiger partial charge in [-0.05, 0) is 19.1 Å². The molecule has 1 heterocycles. The summed E-state index contributed by atoms with van der Waals surface area (Å²) in [5, 5.41) is 8.54. The molecule has 0 saturated carbocycles. The summed E-state index contributed by atoms with van der Waals surface area (Å²) in [5.41, 5.74) is 8.09. The van der Waals surface area contributed by atoms with Crippen LogP contribution in [0.3, 0.4) is 0 Å². The van der Waals surface area contributed by atoms with Gasteiger partial charge in [-0.3, -0.25) is 5.10 Å². The number of aromatic amines is 1. The van der Waals surface area contributed by atoms with Gasteiger partial charge < -0.3 is 5.73 Å². The van der Waals surface area contributed by atoms with Crippen molar-refractivity contribution in [2.45, 2.75) is 6.92 Å². The van der Waals surface area contributed by atoms with Crippen molar-refractivity contribution in [3.8, 4) is 0 Å². The fourth-order valence-corrected chi connectivity index (χ4v) is 1.46. The predicted molar refractivity (Wildman–Crippen MR) is 50.3 cm³/mol. The maximum Gasteiger partial charge on any atom is 0.115 e. The first-order valence-corrected chi connectivity index (χ1v) is 3.96. The quantitative estimate of drug-likeness (QED) is 0.612. The van der Waals surface area contributed by atoms with Crippen LogP contribution in [0.2, 0.25) is 5.02 Å². The Morgan fingerprint density at radius 1 is 1.50 bits per heavy atom. The molecule has 62 valence electrons. The molecule has 2 aromatic rings. The highest BCUT2D eigenvalue weighted by Crippen LogP contribution is 2.25. The van der Waals surface area contributed by atoms with E-state index in [0.29, 0.717) is 10.7 Å². The first kappa shape index (κ1) is 7.43. The van der Waals surface area contributed by atoms with E-state index in [1.54, 1.807) is 6.07 Å². The number of hydrogen-bond acceptors (Lipinski definition) is 2. The van der Waals surface area contributed by atoms with Gasteiger partial charge >= 0.3 is 0 Å². The molecule has 0 bridgehead atoms. The van der Waals surface area contributed by atoms with Crippen molar-refractivity contribution in [1.82, 2.24) is 10.2 Å². The van der Waals surface area contributed by atoms with Crippen molar-refractivity contribution in [3.63, 3.8) is 0 Å². The molecule has 0 aliphatic heterocycles. The van der Waals surface area contributed by atoms with Gasteiger partial charge in [-0.25, -0.2) is 0 Å². The smallest absolute Gasteiger partial charge is 0.115 e. The van der Waals surface area contributed by atoms with Crippen LogP contribution in [-0.2, 0) is 0 Å². The topological polar surface area (TPSA) is 54.7 Å². The van der Waals surface area contributed by atoms with Crippen LogP contribution in [0.5, 0.6) is 0 Å². The van der Waals surface area contributed by atoms with Gasteiger partial charge in [0, 0.05) is 16.1 Å². The molecule has 0 radical (unpaired) electrons. The van der Waals surface area contributed by atoms with Gasteiger partial charge in [0.15, 0.2) is 0 Å². The molecule has 1 aromatic heterocycles. The Hall–Kier alpha value is -1.22. The summed E-state index contributed by atoms with van der Waals surface area (Å²) in [5.74, 6) is 0. The summed E-state index contributed by atoms with van der Waals surface area (Å²) in [4.78, 5) is 0. The number of H-pyrrole nitrogens is 1. The van der Waals surface area contributed by atoms with E-state index < -0.39 is 0 Å². The summed E-state index contributed by atoms with van der Waals surface area (Å²) in [6, 6.07) is 3.55. The van der Waals surface area contributed by atoms with Crippen molar-refractivity contribution < 1.29 is 0 Å².